The van der Waals surface area contributed by atoms with E-state index in [1.54, 1.807) is 6.92 Å². The summed E-state index contributed by atoms with van der Waals surface area (Å²) >= 11 is 0. The maximum Gasteiger partial charge on any atom is 0.416 e. The van der Waals surface area contributed by atoms with Crippen molar-refractivity contribution >= 4 is 23.3 Å². The molecule has 34 heavy (non-hydrogen) atoms. The number of alkyl halides is 3. The number of amides is 1. The molecule has 1 N–H and O–H groups in total. The summed E-state index contributed by atoms with van der Waals surface area (Å²) < 4.78 is 50.2. The minimum absolute atomic E-state index is 0.0135. The highest BCUT2D eigenvalue weighted by Gasteiger charge is 2.30. The SMILES string of the molecule is CCOC(=O)c1cc(C(=O)Nc2cc(Oc3cccc(C(F)(F)F)c3)cc([N+](=O)[O-])c2)nn1C. The van der Waals surface area contributed by atoms with E-state index in [9.17, 15) is 32.9 Å². The van der Waals surface area contributed by atoms with E-state index in [4.69, 9.17) is 9.47 Å². The van der Waals surface area contributed by atoms with Crippen LogP contribution in [-0.2, 0) is 18.0 Å². The van der Waals surface area contributed by atoms with Crippen molar-refractivity contribution in [3.05, 3.63) is 75.6 Å². The number of nitrogens with zero attached hydrogens (tertiary/aromatic N) is 3. The molecule has 178 valence electrons. The van der Waals surface area contributed by atoms with Crippen molar-refractivity contribution in [3.8, 4) is 11.5 Å². The summed E-state index contributed by atoms with van der Waals surface area (Å²) in [5.41, 5.74) is -1.67. The van der Waals surface area contributed by atoms with Crippen LogP contribution in [-0.4, -0.2) is 33.2 Å². The molecule has 0 aliphatic heterocycles. The number of hydrogen-bond donors (Lipinski definition) is 1. The number of hydrogen-bond acceptors (Lipinski definition) is 7. The van der Waals surface area contributed by atoms with Crippen LogP contribution in [0.1, 0.15) is 33.5 Å². The molecule has 1 amide bonds. The molecule has 3 rings (SSSR count). The number of halogens is 3. The molecule has 0 radical (unpaired) electrons. The Balaban J connectivity index is 1.87. The van der Waals surface area contributed by atoms with Crippen molar-refractivity contribution in [2.45, 2.75) is 13.1 Å². The van der Waals surface area contributed by atoms with E-state index in [0.29, 0.717) is 0 Å². The number of anilines is 1. The zero-order valence-corrected chi connectivity index (χ0v) is 17.8. The maximum absolute atomic E-state index is 12.9. The third-order valence-electron chi connectivity index (χ3n) is 4.35. The summed E-state index contributed by atoms with van der Waals surface area (Å²) in [5.74, 6) is -1.88. The van der Waals surface area contributed by atoms with E-state index in [1.165, 1.54) is 25.2 Å². The second kappa shape index (κ2) is 9.60. The van der Waals surface area contributed by atoms with Gasteiger partial charge in [-0.3, -0.25) is 19.6 Å². The molecular weight excluding hydrogens is 461 g/mol. The minimum Gasteiger partial charge on any atom is -0.461 e. The maximum atomic E-state index is 12.9. The number of rotatable bonds is 7. The average Bonchev–Trinajstić information content (AvgIpc) is 3.15. The Morgan fingerprint density at radius 1 is 1.15 bits per heavy atom. The first-order chi connectivity index (χ1) is 16.0. The number of aromatic nitrogens is 2. The number of esters is 1. The van der Waals surface area contributed by atoms with E-state index < -0.39 is 34.2 Å². The molecule has 0 atom stereocenters. The quantitative estimate of drug-likeness (QED) is 0.300. The molecule has 1 heterocycles. The molecule has 1 aromatic heterocycles. The lowest BCUT2D eigenvalue weighted by Crippen LogP contribution is -2.13. The molecule has 10 nitrogen and oxygen atoms in total. The zero-order valence-electron chi connectivity index (χ0n) is 17.8. The van der Waals surface area contributed by atoms with E-state index in [0.717, 1.165) is 35.0 Å². The Hall–Kier alpha value is -4.42. The smallest absolute Gasteiger partial charge is 0.416 e. The van der Waals surface area contributed by atoms with Gasteiger partial charge in [-0.15, -0.1) is 0 Å². The largest absolute Gasteiger partial charge is 0.461 e. The van der Waals surface area contributed by atoms with E-state index in [-0.39, 0.29) is 35.2 Å². The number of benzene rings is 2. The van der Waals surface area contributed by atoms with Gasteiger partial charge in [0.1, 0.15) is 17.2 Å². The van der Waals surface area contributed by atoms with Crippen molar-refractivity contribution in [2.75, 3.05) is 11.9 Å². The van der Waals surface area contributed by atoms with Crippen LogP contribution in [0.4, 0.5) is 24.5 Å². The van der Waals surface area contributed by atoms with Crippen molar-refractivity contribution in [2.24, 2.45) is 7.05 Å². The molecule has 0 fully saturated rings. The number of carbonyl (C=O) groups is 2. The van der Waals surface area contributed by atoms with Gasteiger partial charge in [0.15, 0.2) is 5.69 Å². The van der Waals surface area contributed by atoms with Crippen molar-refractivity contribution in [1.29, 1.82) is 0 Å². The Kier molecular flexibility index (Phi) is 6.84. The molecule has 0 aliphatic rings. The first kappa shape index (κ1) is 24.2. The van der Waals surface area contributed by atoms with Gasteiger partial charge < -0.3 is 14.8 Å². The van der Waals surface area contributed by atoms with E-state index in [2.05, 4.69) is 10.4 Å². The monoisotopic (exact) mass is 478 g/mol. The molecule has 0 unspecified atom stereocenters. The van der Waals surface area contributed by atoms with Gasteiger partial charge in [-0.2, -0.15) is 18.3 Å². The summed E-state index contributed by atoms with van der Waals surface area (Å²) in [6, 6.07) is 8.37. The number of non-ortho nitro benzene ring substituents is 1. The summed E-state index contributed by atoms with van der Waals surface area (Å²) in [4.78, 5) is 35.0. The molecular formula is C21H17F3N4O6. The number of carbonyl (C=O) groups excluding carboxylic acids is 2. The van der Waals surface area contributed by atoms with Crippen LogP contribution in [0.3, 0.4) is 0 Å². The topological polar surface area (TPSA) is 126 Å². The highest BCUT2D eigenvalue weighted by Crippen LogP contribution is 2.34. The fraction of sp³-hybridized carbons (Fsp3) is 0.190. The van der Waals surface area contributed by atoms with Gasteiger partial charge in [0.05, 0.1) is 28.8 Å². The lowest BCUT2D eigenvalue weighted by molar-refractivity contribution is -0.384. The lowest BCUT2D eigenvalue weighted by atomic mass is 10.2. The average molecular weight is 478 g/mol. The van der Waals surface area contributed by atoms with Gasteiger partial charge in [-0.05, 0) is 25.1 Å². The summed E-state index contributed by atoms with van der Waals surface area (Å²) in [6.07, 6.45) is -4.60. The summed E-state index contributed by atoms with van der Waals surface area (Å²) in [6.45, 7) is 1.73. The molecule has 0 saturated carbocycles. The van der Waals surface area contributed by atoms with Gasteiger partial charge in [0, 0.05) is 25.2 Å². The van der Waals surface area contributed by atoms with Crippen LogP contribution >= 0.6 is 0 Å². The second-order valence-electron chi connectivity index (χ2n) is 6.81. The normalized spacial score (nSPS) is 11.1. The van der Waals surface area contributed by atoms with Gasteiger partial charge in [-0.25, -0.2) is 4.79 Å². The molecule has 0 saturated heterocycles. The van der Waals surface area contributed by atoms with Crippen molar-refractivity contribution < 1.29 is 37.2 Å². The van der Waals surface area contributed by atoms with Crippen molar-refractivity contribution in [3.63, 3.8) is 0 Å². The molecule has 3 aromatic rings. The summed E-state index contributed by atoms with van der Waals surface area (Å²) in [5, 5.41) is 17.6. The Bertz CT molecular complexity index is 1260. The van der Waals surface area contributed by atoms with Crippen LogP contribution < -0.4 is 10.1 Å². The molecule has 0 bridgehead atoms. The van der Waals surface area contributed by atoms with Crippen LogP contribution in [0, 0.1) is 10.1 Å². The number of ether oxygens (including phenoxy) is 2. The molecule has 13 heteroatoms. The first-order valence-corrected chi connectivity index (χ1v) is 9.65. The van der Waals surface area contributed by atoms with Crippen LogP contribution in [0.25, 0.3) is 0 Å². The third kappa shape index (κ3) is 5.68. The van der Waals surface area contributed by atoms with Crippen LogP contribution in [0.15, 0.2) is 48.5 Å². The Morgan fingerprint density at radius 2 is 1.88 bits per heavy atom. The van der Waals surface area contributed by atoms with Crippen LogP contribution in [0.5, 0.6) is 11.5 Å². The van der Waals surface area contributed by atoms with Gasteiger partial charge >= 0.3 is 12.1 Å². The molecule has 2 aromatic carbocycles. The third-order valence-corrected chi connectivity index (χ3v) is 4.35. The predicted octanol–water partition coefficient (Wildman–Crippen LogP) is 4.57. The first-order valence-electron chi connectivity index (χ1n) is 9.65. The molecule has 0 spiro atoms. The minimum atomic E-state index is -4.60. The van der Waals surface area contributed by atoms with Crippen molar-refractivity contribution in [1.82, 2.24) is 9.78 Å². The standard InChI is InChI=1S/C21H17F3N4O6/c1-3-33-20(30)18-11-17(26-27(18)2)19(29)25-13-8-14(28(31)32)10-16(9-13)34-15-6-4-5-12(7-15)21(22,23)24/h4-11H,3H2,1-2H3,(H,25,29). The van der Waals surface area contributed by atoms with E-state index in [1.807, 2.05) is 0 Å². The lowest BCUT2D eigenvalue weighted by Gasteiger charge is -2.11. The number of nitro groups is 1. The molecule has 0 aliphatic carbocycles. The zero-order chi connectivity index (χ0) is 25.0. The van der Waals surface area contributed by atoms with Crippen LogP contribution in [0.2, 0.25) is 0 Å². The van der Waals surface area contributed by atoms with Gasteiger partial charge in [-0.1, -0.05) is 6.07 Å². The van der Waals surface area contributed by atoms with E-state index >= 15 is 0 Å². The Morgan fingerprint density at radius 3 is 2.53 bits per heavy atom. The highest BCUT2D eigenvalue weighted by atomic mass is 19.4. The number of nitrogens with one attached hydrogen (secondary N) is 1. The Labute approximate surface area is 190 Å². The fourth-order valence-corrected chi connectivity index (χ4v) is 2.86. The second-order valence-corrected chi connectivity index (χ2v) is 6.81. The van der Waals surface area contributed by atoms with Gasteiger partial charge in [0.2, 0.25) is 0 Å². The number of aryl methyl sites for hydroxylation is 1. The van der Waals surface area contributed by atoms with Gasteiger partial charge in [0.25, 0.3) is 11.6 Å². The highest BCUT2D eigenvalue weighted by molar-refractivity contribution is 6.04. The summed E-state index contributed by atoms with van der Waals surface area (Å²) in [7, 11) is 1.43. The number of nitro benzene ring substituents is 1. The predicted molar refractivity (Wildman–Crippen MR) is 112 cm³/mol. The fourth-order valence-electron chi connectivity index (χ4n) is 2.86.